The summed E-state index contributed by atoms with van der Waals surface area (Å²) in [5.74, 6) is 0.325. The maximum absolute atomic E-state index is 12.7. The van der Waals surface area contributed by atoms with E-state index >= 15 is 0 Å². The van der Waals surface area contributed by atoms with Gasteiger partial charge in [0.05, 0.1) is 0 Å². The molecule has 0 bridgehead atoms. The predicted molar refractivity (Wildman–Crippen MR) is 110 cm³/mol. The molecule has 0 N–H and O–H groups in total. The number of rotatable bonds is 10. The van der Waals surface area contributed by atoms with E-state index in [0.717, 1.165) is 45.3 Å². The third-order valence-corrected chi connectivity index (χ3v) is 5.65. The highest BCUT2D eigenvalue weighted by molar-refractivity contribution is 5.76. The van der Waals surface area contributed by atoms with Crippen LogP contribution in [-0.4, -0.2) is 41.4 Å². The normalized spacial score (nSPS) is 18.0. The van der Waals surface area contributed by atoms with Crippen LogP contribution in [0.1, 0.15) is 76.3 Å². The first-order chi connectivity index (χ1) is 12.6. The summed E-state index contributed by atoms with van der Waals surface area (Å²) in [5.41, 5.74) is 2.51. The van der Waals surface area contributed by atoms with E-state index in [1.54, 1.807) is 0 Å². The number of likely N-dealkylation sites (tertiary alicyclic amines) is 1. The molecule has 0 aromatic heterocycles. The highest BCUT2D eigenvalue weighted by Gasteiger charge is 2.19. The number of carbonyl (C=O) groups is 1. The van der Waals surface area contributed by atoms with E-state index < -0.39 is 0 Å². The molecule has 0 spiro atoms. The van der Waals surface area contributed by atoms with Gasteiger partial charge in [0.15, 0.2) is 0 Å². The van der Waals surface area contributed by atoms with Gasteiger partial charge in [-0.05, 0) is 51.6 Å². The molecule has 0 aliphatic carbocycles. The second-order valence-electron chi connectivity index (χ2n) is 7.99. The molecule has 3 nitrogen and oxygen atoms in total. The number of hydrogen-bond acceptors (Lipinski definition) is 2. The van der Waals surface area contributed by atoms with Crippen LogP contribution >= 0.6 is 0 Å². The molecule has 1 aromatic rings. The summed E-state index contributed by atoms with van der Waals surface area (Å²) in [5, 5.41) is 0. The Balaban J connectivity index is 1.88. The summed E-state index contributed by atoms with van der Waals surface area (Å²) in [6.07, 6.45) is 9.12. The summed E-state index contributed by atoms with van der Waals surface area (Å²) in [6.45, 7) is 10.6. The fraction of sp³-hybridized carbons (Fsp3) is 0.696. The molecular weight excluding hydrogens is 320 g/mol. The number of benzene rings is 1. The molecule has 2 rings (SSSR count). The molecule has 1 aliphatic heterocycles. The third kappa shape index (κ3) is 7.11. The molecular formula is C23H38N2O. The molecule has 1 fully saturated rings. The Morgan fingerprint density at radius 3 is 2.62 bits per heavy atom. The van der Waals surface area contributed by atoms with E-state index in [-0.39, 0.29) is 0 Å². The lowest BCUT2D eigenvalue weighted by atomic mass is 10.0. The minimum atomic E-state index is 0.325. The maximum Gasteiger partial charge on any atom is 0.222 e. The summed E-state index contributed by atoms with van der Waals surface area (Å²) in [7, 11) is 0. The van der Waals surface area contributed by atoms with Gasteiger partial charge in [0.1, 0.15) is 0 Å². The summed E-state index contributed by atoms with van der Waals surface area (Å²) < 4.78 is 0. The highest BCUT2D eigenvalue weighted by atomic mass is 16.2. The van der Waals surface area contributed by atoms with Crippen molar-refractivity contribution in [3.63, 3.8) is 0 Å². The van der Waals surface area contributed by atoms with Gasteiger partial charge in [-0.25, -0.2) is 0 Å². The fourth-order valence-corrected chi connectivity index (χ4v) is 3.84. The molecule has 0 radical (unpaired) electrons. The minimum Gasteiger partial charge on any atom is -0.338 e. The molecule has 146 valence electrons. The zero-order valence-electron chi connectivity index (χ0n) is 17.2. The van der Waals surface area contributed by atoms with Gasteiger partial charge in [-0.3, -0.25) is 4.79 Å². The van der Waals surface area contributed by atoms with Crippen molar-refractivity contribution in [2.75, 3.05) is 19.6 Å². The fourth-order valence-electron chi connectivity index (χ4n) is 3.84. The third-order valence-electron chi connectivity index (χ3n) is 5.65. The van der Waals surface area contributed by atoms with Crippen molar-refractivity contribution in [3.05, 3.63) is 35.4 Å². The van der Waals surface area contributed by atoms with Gasteiger partial charge in [0, 0.05) is 32.1 Å². The number of unbranched alkanes of at least 4 members (excludes halogenated alkanes) is 2. The average Bonchev–Trinajstić information content (AvgIpc) is 2.64. The number of nitrogens with zero attached hydrogens (tertiary/aromatic N) is 2. The van der Waals surface area contributed by atoms with E-state index in [1.807, 2.05) is 0 Å². The van der Waals surface area contributed by atoms with Crippen LogP contribution in [0.25, 0.3) is 0 Å². The second-order valence-corrected chi connectivity index (χ2v) is 7.99. The SMILES string of the molecule is CCCCCC(=O)N(CCCN1CCCCC1C)Cc1ccc(C)cc1. The van der Waals surface area contributed by atoms with Crippen LogP contribution in [0.15, 0.2) is 24.3 Å². The highest BCUT2D eigenvalue weighted by Crippen LogP contribution is 2.17. The quantitative estimate of drug-likeness (QED) is 0.539. The first kappa shape index (κ1) is 21.0. The van der Waals surface area contributed by atoms with Crippen LogP contribution in [0.5, 0.6) is 0 Å². The van der Waals surface area contributed by atoms with Crippen LogP contribution < -0.4 is 0 Å². The van der Waals surface area contributed by atoms with E-state index in [0.29, 0.717) is 18.4 Å². The zero-order valence-corrected chi connectivity index (χ0v) is 17.2. The first-order valence-electron chi connectivity index (χ1n) is 10.7. The van der Waals surface area contributed by atoms with Gasteiger partial charge in [-0.2, -0.15) is 0 Å². The molecule has 1 aliphatic rings. The number of hydrogen-bond donors (Lipinski definition) is 0. The van der Waals surface area contributed by atoms with Crippen molar-refractivity contribution < 1.29 is 4.79 Å². The van der Waals surface area contributed by atoms with Crippen molar-refractivity contribution in [3.8, 4) is 0 Å². The first-order valence-corrected chi connectivity index (χ1v) is 10.7. The monoisotopic (exact) mass is 358 g/mol. The lowest BCUT2D eigenvalue weighted by Gasteiger charge is -2.34. The number of amides is 1. The summed E-state index contributed by atoms with van der Waals surface area (Å²) >= 11 is 0. The topological polar surface area (TPSA) is 23.6 Å². The van der Waals surface area contributed by atoms with Gasteiger partial charge in [-0.1, -0.05) is 56.0 Å². The second kappa shape index (κ2) is 11.4. The van der Waals surface area contributed by atoms with Crippen molar-refractivity contribution in [1.29, 1.82) is 0 Å². The van der Waals surface area contributed by atoms with E-state index in [1.165, 1.54) is 36.9 Å². The molecule has 0 saturated carbocycles. The van der Waals surface area contributed by atoms with Gasteiger partial charge in [0.2, 0.25) is 5.91 Å². The Morgan fingerprint density at radius 2 is 1.92 bits per heavy atom. The van der Waals surface area contributed by atoms with Crippen molar-refractivity contribution in [2.45, 2.75) is 84.7 Å². The van der Waals surface area contributed by atoms with E-state index in [2.05, 4.69) is 54.8 Å². The molecule has 1 saturated heterocycles. The van der Waals surface area contributed by atoms with Crippen LogP contribution in [0.2, 0.25) is 0 Å². The standard InChI is InChI=1S/C23H38N2O/c1-4-5-6-11-23(26)25(19-22-14-12-20(2)13-15-22)18-9-17-24-16-8-7-10-21(24)3/h12-15,21H,4-11,16-19H2,1-3H3. The van der Waals surface area contributed by atoms with Crippen molar-refractivity contribution >= 4 is 5.91 Å². The van der Waals surface area contributed by atoms with Crippen molar-refractivity contribution in [1.82, 2.24) is 9.80 Å². The Morgan fingerprint density at radius 1 is 1.15 bits per heavy atom. The van der Waals surface area contributed by atoms with Crippen LogP contribution in [0.4, 0.5) is 0 Å². The lowest BCUT2D eigenvalue weighted by Crippen LogP contribution is -2.40. The molecule has 1 unspecified atom stereocenters. The lowest BCUT2D eigenvalue weighted by molar-refractivity contribution is -0.132. The Kier molecular flexibility index (Phi) is 9.17. The number of aryl methyl sites for hydroxylation is 1. The van der Waals surface area contributed by atoms with Gasteiger partial charge in [0.25, 0.3) is 0 Å². The van der Waals surface area contributed by atoms with Gasteiger partial charge in [-0.15, -0.1) is 0 Å². The predicted octanol–water partition coefficient (Wildman–Crippen LogP) is 5.17. The van der Waals surface area contributed by atoms with Crippen LogP contribution in [-0.2, 0) is 11.3 Å². The largest absolute Gasteiger partial charge is 0.338 e. The Bertz CT molecular complexity index is 526. The van der Waals surface area contributed by atoms with Crippen LogP contribution in [0.3, 0.4) is 0 Å². The Hall–Kier alpha value is -1.35. The summed E-state index contributed by atoms with van der Waals surface area (Å²) in [6, 6.07) is 9.31. The van der Waals surface area contributed by atoms with E-state index in [4.69, 9.17) is 0 Å². The molecule has 1 atom stereocenters. The minimum absolute atomic E-state index is 0.325. The van der Waals surface area contributed by atoms with Gasteiger partial charge >= 0.3 is 0 Å². The molecule has 3 heteroatoms. The smallest absolute Gasteiger partial charge is 0.222 e. The maximum atomic E-state index is 12.7. The summed E-state index contributed by atoms with van der Waals surface area (Å²) in [4.78, 5) is 17.4. The molecule has 1 aromatic carbocycles. The average molecular weight is 359 g/mol. The van der Waals surface area contributed by atoms with Gasteiger partial charge < -0.3 is 9.80 Å². The molecule has 1 heterocycles. The van der Waals surface area contributed by atoms with E-state index in [9.17, 15) is 4.79 Å². The molecule has 26 heavy (non-hydrogen) atoms. The number of piperidine rings is 1. The number of carbonyl (C=O) groups excluding carboxylic acids is 1. The molecule has 1 amide bonds. The zero-order chi connectivity index (χ0) is 18.8. The van der Waals surface area contributed by atoms with Crippen LogP contribution in [0, 0.1) is 6.92 Å². The van der Waals surface area contributed by atoms with Crippen molar-refractivity contribution in [2.24, 2.45) is 0 Å². The Labute approximate surface area is 160 Å².